The summed E-state index contributed by atoms with van der Waals surface area (Å²) in [7, 11) is 0. The van der Waals surface area contributed by atoms with E-state index >= 15 is 0 Å². The van der Waals surface area contributed by atoms with Crippen LogP contribution in [0.3, 0.4) is 0 Å². The van der Waals surface area contributed by atoms with Crippen LogP contribution in [0, 0.1) is 0 Å². The molecule has 0 aliphatic rings. The van der Waals surface area contributed by atoms with Gasteiger partial charge in [0.05, 0.1) is 11.0 Å². The number of hydrogen-bond donors (Lipinski definition) is 1. The Morgan fingerprint density at radius 2 is 1.90 bits per heavy atom. The first-order chi connectivity index (χ1) is 9.22. The Morgan fingerprint density at radius 3 is 2.65 bits per heavy atom. The Morgan fingerprint density at radius 1 is 1.10 bits per heavy atom. The highest BCUT2D eigenvalue weighted by molar-refractivity contribution is 9.11. The standard InChI is InChI=1S/C14H10Br2N2S.BrH/c15-10-6-5-9(11(16)7-10)8-19-14-17-12-3-1-2-4-13(12)18-14;/h1-7H,8H2,(H,17,18);1H/p-1. The van der Waals surface area contributed by atoms with Crippen molar-refractivity contribution < 1.29 is 17.0 Å². The second kappa shape index (κ2) is 7.11. The minimum Gasteiger partial charge on any atom is -1.00 e. The molecule has 0 aliphatic heterocycles. The van der Waals surface area contributed by atoms with Crippen molar-refractivity contribution in [1.29, 1.82) is 0 Å². The SMILES string of the molecule is Brc1ccc(CSc2nc3ccccc3[nH]2)c(Br)c1.[Br-]. The van der Waals surface area contributed by atoms with Crippen LogP contribution in [0.2, 0.25) is 0 Å². The summed E-state index contributed by atoms with van der Waals surface area (Å²) in [5.74, 6) is 0.883. The molecule has 3 aromatic rings. The number of benzene rings is 2. The smallest absolute Gasteiger partial charge is 0.166 e. The van der Waals surface area contributed by atoms with E-state index in [0.29, 0.717) is 0 Å². The van der Waals surface area contributed by atoms with Crippen molar-refractivity contribution in [2.45, 2.75) is 10.9 Å². The predicted molar refractivity (Wildman–Crippen MR) is 87.5 cm³/mol. The van der Waals surface area contributed by atoms with Gasteiger partial charge in [0.2, 0.25) is 0 Å². The molecular formula is C14H10Br3N2S-. The predicted octanol–water partition coefficient (Wildman–Crippen LogP) is 2.38. The number of hydrogen-bond acceptors (Lipinski definition) is 2. The van der Waals surface area contributed by atoms with E-state index in [2.05, 4.69) is 60.0 Å². The van der Waals surface area contributed by atoms with Crippen LogP contribution in [0.25, 0.3) is 11.0 Å². The fourth-order valence-electron chi connectivity index (χ4n) is 1.78. The lowest BCUT2D eigenvalue weighted by Gasteiger charge is -2.03. The summed E-state index contributed by atoms with van der Waals surface area (Å²) >= 11 is 8.75. The molecule has 0 aliphatic carbocycles. The molecule has 3 rings (SSSR count). The summed E-state index contributed by atoms with van der Waals surface area (Å²) in [5, 5.41) is 0.955. The van der Waals surface area contributed by atoms with E-state index < -0.39 is 0 Å². The van der Waals surface area contributed by atoms with Crippen molar-refractivity contribution in [3.05, 3.63) is 57.0 Å². The molecule has 0 radical (unpaired) electrons. The highest BCUT2D eigenvalue weighted by Gasteiger charge is 2.05. The van der Waals surface area contributed by atoms with Gasteiger partial charge in [0, 0.05) is 14.7 Å². The van der Waals surface area contributed by atoms with Crippen molar-refractivity contribution in [3.63, 3.8) is 0 Å². The summed E-state index contributed by atoms with van der Waals surface area (Å²) < 4.78 is 2.20. The average Bonchev–Trinajstić information content (AvgIpc) is 2.80. The van der Waals surface area contributed by atoms with E-state index in [4.69, 9.17) is 0 Å². The number of nitrogens with one attached hydrogen (secondary N) is 1. The number of para-hydroxylation sites is 2. The van der Waals surface area contributed by atoms with E-state index in [9.17, 15) is 0 Å². The van der Waals surface area contributed by atoms with Crippen LogP contribution in [0.5, 0.6) is 0 Å². The van der Waals surface area contributed by atoms with Crippen LogP contribution >= 0.6 is 43.6 Å². The number of nitrogens with zero attached hydrogens (tertiary/aromatic N) is 1. The van der Waals surface area contributed by atoms with E-state index in [-0.39, 0.29) is 17.0 Å². The van der Waals surface area contributed by atoms with Gasteiger partial charge < -0.3 is 22.0 Å². The zero-order chi connectivity index (χ0) is 13.2. The number of H-pyrrole nitrogens is 1. The molecule has 104 valence electrons. The van der Waals surface area contributed by atoms with E-state index in [1.807, 2.05) is 24.3 Å². The number of imidazole rings is 1. The van der Waals surface area contributed by atoms with Gasteiger partial charge in [0.15, 0.2) is 5.16 Å². The molecule has 0 saturated heterocycles. The normalized spacial score (nSPS) is 10.5. The maximum Gasteiger partial charge on any atom is 0.166 e. The van der Waals surface area contributed by atoms with Crippen LogP contribution in [0.4, 0.5) is 0 Å². The Hall–Kier alpha value is -0.300. The molecule has 2 nitrogen and oxygen atoms in total. The van der Waals surface area contributed by atoms with Gasteiger partial charge in [-0.15, -0.1) is 0 Å². The fourth-order valence-corrected chi connectivity index (χ4v) is 4.04. The maximum atomic E-state index is 4.56. The molecule has 0 fully saturated rings. The minimum absolute atomic E-state index is 0. The van der Waals surface area contributed by atoms with Gasteiger partial charge in [-0.25, -0.2) is 4.98 Å². The molecule has 0 amide bonds. The fraction of sp³-hybridized carbons (Fsp3) is 0.0714. The van der Waals surface area contributed by atoms with Gasteiger partial charge in [0.1, 0.15) is 0 Å². The van der Waals surface area contributed by atoms with Crippen LogP contribution in [0.15, 0.2) is 56.6 Å². The van der Waals surface area contributed by atoms with Crippen molar-refractivity contribution in [1.82, 2.24) is 9.97 Å². The highest BCUT2D eigenvalue weighted by atomic mass is 79.9. The zero-order valence-corrected chi connectivity index (χ0v) is 15.8. The first-order valence-corrected chi connectivity index (χ1v) is 8.31. The van der Waals surface area contributed by atoms with Gasteiger partial charge in [-0.1, -0.05) is 61.8 Å². The van der Waals surface area contributed by atoms with Crippen LogP contribution in [-0.2, 0) is 5.75 Å². The third-order valence-electron chi connectivity index (χ3n) is 2.75. The zero-order valence-electron chi connectivity index (χ0n) is 10.2. The molecule has 0 atom stereocenters. The van der Waals surface area contributed by atoms with E-state index in [1.165, 1.54) is 5.56 Å². The summed E-state index contributed by atoms with van der Waals surface area (Å²) in [5.41, 5.74) is 3.35. The molecule has 0 unspecified atom stereocenters. The molecule has 1 N–H and O–H groups in total. The second-order valence-electron chi connectivity index (χ2n) is 4.08. The van der Waals surface area contributed by atoms with Crippen molar-refractivity contribution in [2.24, 2.45) is 0 Å². The summed E-state index contributed by atoms with van der Waals surface area (Å²) in [6.07, 6.45) is 0. The third kappa shape index (κ3) is 3.67. The molecule has 6 heteroatoms. The van der Waals surface area contributed by atoms with Crippen molar-refractivity contribution in [3.8, 4) is 0 Å². The topological polar surface area (TPSA) is 28.7 Å². The van der Waals surface area contributed by atoms with Crippen LogP contribution < -0.4 is 17.0 Å². The maximum absolute atomic E-state index is 4.56. The Kier molecular flexibility index (Phi) is 5.72. The number of aromatic amines is 1. The lowest BCUT2D eigenvalue weighted by atomic mass is 10.2. The molecule has 0 spiro atoms. The van der Waals surface area contributed by atoms with Gasteiger partial charge in [0.25, 0.3) is 0 Å². The number of thioether (sulfide) groups is 1. The monoisotopic (exact) mass is 475 g/mol. The van der Waals surface area contributed by atoms with Gasteiger partial charge in [-0.05, 0) is 29.8 Å². The minimum atomic E-state index is 0. The summed E-state index contributed by atoms with van der Waals surface area (Å²) in [6, 6.07) is 14.3. The quantitative estimate of drug-likeness (QED) is 0.587. The first kappa shape index (κ1) is 16.1. The summed E-state index contributed by atoms with van der Waals surface area (Å²) in [6.45, 7) is 0. The number of rotatable bonds is 3. The van der Waals surface area contributed by atoms with E-state index in [0.717, 1.165) is 30.9 Å². The molecule has 0 saturated carbocycles. The van der Waals surface area contributed by atoms with Crippen molar-refractivity contribution >= 4 is 54.7 Å². The number of fused-ring (bicyclic) bond motifs is 1. The molecule has 20 heavy (non-hydrogen) atoms. The molecule has 1 aromatic heterocycles. The number of aromatic nitrogens is 2. The Balaban J connectivity index is 0.00000147. The van der Waals surface area contributed by atoms with Gasteiger partial charge in [-0.2, -0.15) is 0 Å². The Bertz CT molecular complexity index is 694. The van der Waals surface area contributed by atoms with E-state index in [1.54, 1.807) is 11.8 Å². The van der Waals surface area contributed by atoms with Gasteiger partial charge in [-0.3, -0.25) is 0 Å². The second-order valence-corrected chi connectivity index (χ2v) is 6.82. The highest BCUT2D eigenvalue weighted by Crippen LogP contribution is 2.28. The number of halogens is 3. The van der Waals surface area contributed by atoms with Crippen LogP contribution in [-0.4, -0.2) is 9.97 Å². The third-order valence-corrected chi connectivity index (χ3v) is 4.90. The Labute approximate surface area is 148 Å². The molecular weight excluding hydrogens is 468 g/mol. The first-order valence-electron chi connectivity index (χ1n) is 5.74. The molecule has 0 bridgehead atoms. The van der Waals surface area contributed by atoms with Crippen molar-refractivity contribution in [2.75, 3.05) is 0 Å². The summed E-state index contributed by atoms with van der Waals surface area (Å²) in [4.78, 5) is 7.88. The molecule has 2 aromatic carbocycles. The lowest BCUT2D eigenvalue weighted by molar-refractivity contribution is -0.00000360. The molecule has 1 heterocycles. The lowest BCUT2D eigenvalue weighted by Crippen LogP contribution is -3.00. The van der Waals surface area contributed by atoms with Crippen LogP contribution in [0.1, 0.15) is 5.56 Å². The average molecular weight is 478 g/mol. The van der Waals surface area contributed by atoms with Gasteiger partial charge >= 0.3 is 0 Å². The largest absolute Gasteiger partial charge is 1.00 e.